The van der Waals surface area contributed by atoms with E-state index in [4.69, 9.17) is 4.42 Å². The van der Waals surface area contributed by atoms with E-state index in [0.29, 0.717) is 0 Å². The predicted molar refractivity (Wildman–Crippen MR) is 72.1 cm³/mol. The van der Waals surface area contributed by atoms with E-state index >= 15 is 0 Å². The summed E-state index contributed by atoms with van der Waals surface area (Å²) in [7, 11) is 1.90. The van der Waals surface area contributed by atoms with Crippen LogP contribution >= 0.6 is 15.9 Å². The number of halogens is 1. The molecule has 98 valence electrons. The van der Waals surface area contributed by atoms with Gasteiger partial charge in [0.05, 0.1) is 6.04 Å². The summed E-state index contributed by atoms with van der Waals surface area (Å²) < 4.78 is 8.17. The first-order valence-corrected chi connectivity index (χ1v) is 6.81. The minimum Gasteiger partial charge on any atom is -0.453 e. The van der Waals surface area contributed by atoms with Crippen LogP contribution in [0.3, 0.4) is 0 Å². The lowest BCUT2D eigenvalue weighted by molar-refractivity contribution is 0.393. The minimum absolute atomic E-state index is 0.124. The molecule has 2 heterocycles. The van der Waals surface area contributed by atoms with E-state index in [0.717, 1.165) is 35.6 Å². The summed E-state index contributed by atoms with van der Waals surface area (Å²) in [6.07, 6.45) is 3.41. The van der Waals surface area contributed by atoms with E-state index in [1.807, 2.05) is 19.2 Å². The van der Waals surface area contributed by atoms with Crippen molar-refractivity contribution in [2.24, 2.45) is 7.05 Å². The third-order valence-electron chi connectivity index (χ3n) is 2.77. The molecule has 18 heavy (non-hydrogen) atoms. The second-order valence-electron chi connectivity index (χ2n) is 4.15. The molecule has 2 rings (SSSR count). The Morgan fingerprint density at radius 2 is 2.33 bits per heavy atom. The van der Waals surface area contributed by atoms with Crippen molar-refractivity contribution in [3.05, 3.63) is 34.7 Å². The molecule has 0 amide bonds. The Bertz CT molecular complexity index is 494. The van der Waals surface area contributed by atoms with Crippen LogP contribution in [0.4, 0.5) is 0 Å². The van der Waals surface area contributed by atoms with Crippen LogP contribution in [-0.4, -0.2) is 21.3 Å². The molecule has 0 aliphatic heterocycles. The van der Waals surface area contributed by atoms with E-state index in [1.54, 1.807) is 11.0 Å². The van der Waals surface area contributed by atoms with E-state index < -0.39 is 0 Å². The van der Waals surface area contributed by atoms with E-state index in [1.165, 1.54) is 0 Å². The average molecular weight is 313 g/mol. The van der Waals surface area contributed by atoms with Gasteiger partial charge in [0.15, 0.2) is 4.67 Å². The molecule has 0 bridgehead atoms. The van der Waals surface area contributed by atoms with Crippen molar-refractivity contribution in [1.82, 2.24) is 20.1 Å². The lowest BCUT2D eigenvalue weighted by Gasteiger charge is -2.15. The van der Waals surface area contributed by atoms with Crippen LogP contribution in [0.5, 0.6) is 0 Å². The summed E-state index contributed by atoms with van der Waals surface area (Å²) in [6, 6.07) is 4.01. The highest BCUT2D eigenvalue weighted by Crippen LogP contribution is 2.22. The van der Waals surface area contributed by atoms with E-state index in [9.17, 15) is 0 Å². The highest BCUT2D eigenvalue weighted by atomic mass is 79.9. The molecule has 0 fully saturated rings. The zero-order chi connectivity index (χ0) is 13.0. The molecule has 5 nitrogen and oxygen atoms in total. The maximum Gasteiger partial charge on any atom is 0.169 e. The molecule has 1 unspecified atom stereocenters. The zero-order valence-electron chi connectivity index (χ0n) is 10.6. The van der Waals surface area contributed by atoms with E-state index in [2.05, 4.69) is 38.3 Å². The Labute approximate surface area is 115 Å². The molecule has 0 aliphatic carbocycles. The van der Waals surface area contributed by atoms with Crippen LogP contribution in [0.25, 0.3) is 0 Å². The van der Waals surface area contributed by atoms with Gasteiger partial charge in [0.1, 0.15) is 17.9 Å². The molecule has 2 aromatic heterocycles. The molecule has 1 atom stereocenters. The average Bonchev–Trinajstić information content (AvgIpc) is 2.94. The van der Waals surface area contributed by atoms with Gasteiger partial charge in [0.2, 0.25) is 0 Å². The molecule has 0 aromatic carbocycles. The number of furan rings is 1. The predicted octanol–water partition coefficient (Wildman–Crippen LogP) is 2.45. The summed E-state index contributed by atoms with van der Waals surface area (Å²) >= 11 is 3.33. The lowest BCUT2D eigenvalue weighted by atomic mass is 10.1. The van der Waals surface area contributed by atoms with Gasteiger partial charge in [-0.2, -0.15) is 5.10 Å². The van der Waals surface area contributed by atoms with E-state index in [-0.39, 0.29) is 6.04 Å². The Morgan fingerprint density at radius 1 is 1.50 bits per heavy atom. The van der Waals surface area contributed by atoms with Crippen LogP contribution in [-0.2, 0) is 13.5 Å². The van der Waals surface area contributed by atoms with Gasteiger partial charge >= 0.3 is 0 Å². The number of nitrogens with zero attached hydrogens (tertiary/aromatic N) is 3. The second kappa shape index (κ2) is 6.15. The maximum absolute atomic E-state index is 5.63. The number of rotatable bonds is 6. The molecular weight excluding hydrogens is 296 g/mol. The Balaban J connectivity index is 2.12. The van der Waals surface area contributed by atoms with Gasteiger partial charge in [-0.1, -0.05) is 6.92 Å². The number of aromatic nitrogens is 3. The molecule has 0 spiro atoms. The van der Waals surface area contributed by atoms with Gasteiger partial charge in [-0.25, -0.2) is 4.98 Å². The first-order valence-electron chi connectivity index (χ1n) is 6.02. The van der Waals surface area contributed by atoms with Gasteiger partial charge in [-0.3, -0.25) is 4.68 Å². The van der Waals surface area contributed by atoms with Crippen molar-refractivity contribution < 1.29 is 4.42 Å². The monoisotopic (exact) mass is 312 g/mol. The normalized spacial score (nSPS) is 12.8. The molecule has 6 heteroatoms. The van der Waals surface area contributed by atoms with Crippen molar-refractivity contribution in [1.29, 1.82) is 0 Å². The molecule has 0 saturated carbocycles. The van der Waals surface area contributed by atoms with Gasteiger partial charge in [0, 0.05) is 13.5 Å². The smallest absolute Gasteiger partial charge is 0.169 e. The fraction of sp³-hybridized carbons (Fsp3) is 0.500. The lowest BCUT2D eigenvalue weighted by Crippen LogP contribution is -2.24. The van der Waals surface area contributed by atoms with Crippen molar-refractivity contribution >= 4 is 15.9 Å². The fourth-order valence-corrected chi connectivity index (χ4v) is 2.11. The number of hydrogen-bond donors (Lipinski definition) is 1. The summed E-state index contributed by atoms with van der Waals surface area (Å²) in [5, 5.41) is 7.56. The molecule has 0 saturated heterocycles. The number of aryl methyl sites for hydroxylation is 1. The van der Waals surface area contributed by atoms with Crippen molar-refractivity contribution in [2.75, 3.05) is 6.54 Å². The minimum atomic E-state index is 0.124. The second-order valence-corrected chi connectivity index (χ2v) is 4.93. The molecule has 1 N–H and O–H groups in total. The fourth-order valence-electron chi connectivity index (χ4n) is 1.79. The van der Waals surface area contributed by atoms with Gasteiger partial charge < -0.3 is 9.73 Å². The standard InChI is InChI=1S/C12H17BrN4O/c1-3-6-14-9(10-4-5-11(13)18-10)7-12-15-8-16-17(12)2/h4-5,8-9,14H,3,6-7H2,1-2H3. The summed E-state index contributed by atoms with van der Waals surface area (Å²) in [4.78, 5) is 4.25. The third kappa shape index (κ3) is 3.20. The van der Waals surface area contributed by atoms with Gasteiger partial charge in [-0.15, -0.1) is 0 Å². The van der Waals surface area contributed by atoms with Crippen LogP contribution in [0.1, 0.15) is 31.0 Å². The first-order chi connectivity index (χ1) is 8.70. The topological polar surface area (TPSA) is 55.9 Å². The molecule has 2 aromatic rings. The van der Waals surface area contributed by atoms with Gasteiger partial charge in [0.25, 0.3) is 0 Å². The number of nitrogens with one attached hydrogen (secondary N) is 1. The summed E-state index contributed by atoms with van der Waals surface area (Å²) in [6.45, 7) is 3.09. The number of hydrogen-bond acceptors (Lipinski definition) is 4. The van der Waals surface area contributed by atoms with Crippen LogP contribution < -0.4 is 5.32 Å². The van der Waals surface area contributed by atoms with Crippen LogP contribution in [0.15, 0.2) is 27.5 Å². The van der Waals surface area contributed by atoms with Gasteiger partial charge in [-0.05, 0) is 41.0 Å². The highest BCUT2D eigenvalue weighted by Gasteiger charge is 2.17. The van der Waals surface area contributed by atoms with Crippen molar-refractivity contribution in [2.45, 2.75) is 25.8 Å². The Kier molecular flexibility index (Phi) is 4.54. The van der Waals surface area contributed by atoms with Crippen molar-refractivity contribution in [3.63, 3.8) is 0 Å². The summed E-state index contributed by atoms with van der Waals surface area (Å²) in [5.41, 5.74) is 0. The quantitative estimate of drug-likeness (QED) is 0.890. The third-order valence-corrected chi connectivity index (χ3v) is 3.20. The van der Waals surface area contributed by atoms with Crippen LogP contribution in [0, 0.1) is 0 Å². The largest absolute Gasteiger partial charge is 0.453 e. The SMILES string of the molecule is CCCNC(Cc1ncnn1C)c1ccc(Br)o1. The Morgan fingerprint density at radius 3 is 2.89 bits per heavy atom. The maximum atomic E-state index is 5.63. The highest BCUT2D eigenvalue weighted by molar-refractivity contribution is 9.10. The molecule has 0 aliphatic rings. The Hall–Kier alpha value is -1.14. The van der Waals surface area contributed by atoms with Crippen LogP contribution in [0.2, 0.25) is 0 Å². The summed E-state index contributed by atoms with van der Waals surface area (Å²) in [5.74, 6) is 1.86. The zero-order valence-corrected chi connectivity index (χ0v) is 12.1. The van der Waals surface area contributed by atoms with Crippen molar-refractivity contribution in [3.8, 4) is 0 Å². The first kappa shape index (κ1) is 13.3. The molecular formula is C12H17BrN4O. The molecule has 0 radical (unpaired) electrons.